The summed E-state index contributed by atoms with van der Waals surface area (Å²) in [6.45, 7) is 5.72. The number of nitrogens with zero attached hydrogens (tertiary/aromatic N) is 1. The van der Waals surface area contributed by atoms with Crippen molar-refractivity contribution in [1.29, 1.82) is 0 Å². The van der Waals surface area contributed by atoms with Gasteiger partial charge in [0.1, 0.15) is 12.0 Å². The second-order valence-corrected chi connectivity index (χ2v) is 4.38. The molecule has 100 valence electrons. The minimum Gasteiger partial charge on any atom is -0.481 e. The Balaban J connectivity index is 1.98. The summed E-state index contributed by atoms with van der Waals surface area (Å²) >= 11 is 0. The Morgan fingerprint density at radius 3 is 2.74 bits per heavy atom. The Morgan fingerprint density at radius 1 is 1.32 bits per heavy atom. The average Bonchev–Trinajstić information content (AvgIpc) is 2.86. The molecule has 5 heteroatoms. The van der Waals surface area contributed by atoms with Gasteiger partial charge in [-0.25, -0.2) is 0 Å². The zero-order valence-electron chi connectivity index (χ0n) is 11.1. The third kappa shape index (κ3) is 3.34. The molecule has 0 bridgehead atoms. The molecular formula is C14H16N2O3. The Hall–Kier alpha value is -2.30. The maximum Gasteiger partial charge on any atom is 0.266 e. The predicted octanol–water partition coefficient (Wildman–Crippen LogP) is 2.70. The van der Waals surface area contributed by atoms with E-state index in [-0.39, 0.29) is 5.91 Å². The van der Waals surface area contributed by atoms with Gasteiger partial charge in [0.2, 0.25) is 0 Å². The summed E-state index contributed by atoms with van der Waals surface area (Å²) in [5, 5.41) is 6.21. The number of nitrogens with one attached hydrogen (secondary N) is 1. The number of ether oxygens (including phenoxy) is 1. The molecule has 0 saturated heterocycles. The van der Waals surface area contributed by atoms with Crippen LogP contribution in [0.2, 0.25) is 0 Å². The van der Waals surface area contributed by atoms with Crippen LogP contribution in [0, 0.1) is 13.8 Å². The first-order chi connectivity index (χ1) is 9.06. The summed E-state index contributed by atoms with van der Waals surface area (Å²) in [4.78, 5) is 11.8. The molecule has 0 radical (unpaired) electrons. The van der Waals surface area contributed by atoms with Crippen LogP contribution < -0.4 is 10.1 Å². The highest BCUT2D eigenvalue weighted by Crippen LogP contribution is 2.18. The van der Waals surface area contributed by atoms with Crippen molar-refractivity contribution in [1.82, 2.24) is 5.16 Å². The predicted molar refractivity (Wildman–Crippen MR) is 71.1 cm³/mol. The maximum absolute atomic E-state index is 11.8. The molecule has 19 heavy (non-hydrogen) atoms. The fourth-order valence-electron chi connectivity index (χ4n) is 1.55. The Morgan fingerprint density at radius 2 is 2.11 bits per heavy atom. The van der Waals surface area contributed by atoms with Gasteiger partial charge in [0.05, 0.1) is 0 Å². The molecular weight excluding hydrogens is 244 g/mol. The van der Waals surface area contributed by atoms with Crippen LogP contribution in [0.3, 0.4) is 0 Å². The van der Waals surface area contributed by atoms with Gasteiger partial charge >= 0.3 is 0 Å². The lowest BCUT2D eigenvalue weighted by Crippen LogP contribution is -2.30. The van der Waals surface area contributed by atoms with Crippen molar-refractivity contribution in [2.45, 2.75) is 26.9 Å². The van der Waals surface area contributed by atoms with Crippen LogP contribution in [0.1, 0.15) is 18.1 Å². The number of aryl methyl sites for hydroxylation is 2. The average molecular weight is 260 g/mol. The smallest absolute Gasteiger partial charge is 0.266 e. The number of benzene rings is 1. The number of amides is 1. The lowest BCUT2D eigenvalue weighted by atomic mass is 10.1. The number of hydrogen-bond acceptors (Lipinski definition) is 4. The molecule has 0 aliphatic heterocycles. The van der Waals surface area contributed by atoms with Gasteiger partial charge in [-0.05, 0) is 44.0 Å². The first kappa shape index (κ1) is 13.1. The highest BCUT2D eigenvalue weighted by molar-refractivity contribution is 5.93. The molecule has 1 amide bonds. The number of carbonyl (C=O) groups excluding carboxylic acids is 1. The highest BCUT2D eigenvalue weighted by atomic mass is 16.5. The summed E-state index contributed by atoms with van der Waals surface area (Å²) in [5.41, 5.74) is 2.31. The van der Waals surface area contributed by atoms with Crippen molar-refractivity contribution in [3.05, 3.63) is 41.7 Å². The van der Waals surface area contributed by atoms with Gasteiger partial charge in [0.15, 0.2) is 11.9 Å². The van der Waals surface area contributed by atoms with E-state index in [0.29, 0.717) is 11.6 Å². The number of hydrogen-bond donors (Lipinski definition) is 1. The molecule has 0 spiro atoms. The maximum atomic E-state index is 11.8. The molecule has 1 atom stereocenters. The van der Waals surface area contributed by atoms with Crippen LogP contribution in [0.15, 0.2) is 35.1 Å². The Bertz CT molecular complexity index is 564. The van der Waals surface area contributed by atoms with E-state index in [1.54, 1.807) is 13.0 Å². The Kier molecular flexibility index (Phi) is 3.85. The van der Waals surface area contributed by atoms with Gasteiger partial charge in [-0.15, -0.1) is 0 Å². The van der Waals surface area contributed by atoms with Crippen LogP contribution in [0.5, 0.6) is 5.75 Å². The molecule has 0 saturated carbocycles. The van der Waals surface area contributed by atoms with Crippen molar-refractivity contribution in [2.75, 3.05) is 5.32 Å². The molecule has 1 heterocycles. The van der Waals surface area contributed by atoms with Crippen LogP contribution >= 0.6 is 0 Å². The minimum atomic E-state index is -0.612. The number of carbonyl (C=O) groups is 1. The highest BCUT2D eigenvalue weighted by Gasteiger charge is 2.16. The van der Waals surface area contributed by atoms with E-state index < -0.39 is 6.10 Å². The normalized spacial score (nSPS) is 11.9. The quantitative estimate of drug-likeness (QED) is 0.918. The zero-order valence-corrected chi connectivity index (χ0v) is 11.1. The number of rotatable bonds is 4. The van der Waals surface area contributed by atoms with Crippen molar-refractivity contribution < 1.29 is 14.1 Å². The molecule has 1 N–H and O–H groups in total. The molecule has 0 unspecified atom stereocenters. The van der Waals surface area contributed by atoms with Gasteiger partial charge in [0, 0.05) is 6.07 Å². The zero-order chi connectivity index (χ0) is 13.8. The second-order valence-electron chi connectivity index (χ2n) is 4.38. The first-order valence-corrected chi connectivity index (χ1v) is 6.01. The molecule has 2 aromatic rings. The molecule has 0 fully saturated rings. The molecule has 0 aliphatic carbocycles. The first-order valence-electron chi connectivity index (χ1n) is 6.01. The number of anilines is 1. The standard InChI is InChI=1S/C14H16N2O3/c1-9-4-5-12(8-10(9)2)19-11(3)14(17)15-13-6-7-18-16-13/h4-8,11H,1-3H3,(H,15,16,17)/t11-/m1/s1. The van der Waals surface area contributed by atoms with Crippen molar-refractivity contribution in [2.24, 2.45) is 0 Å². The lowest BCUT2D eigenvalue weighted by Gasteiger charge is -2.14. The molecule has 1 aromatic carbocycles. The van der Waals surface area contributed by atoms with Crippen LogP contribution in [-0.2, 0) is 4.79 Å². The van der Waals surface area contributed by atoms with Crippen molar-refractivity contribution in [3.8, 4) is 5.75 Å². The summed E-state index contributed by atoms with van der Waals surface area (Å²) in [6, 6.07) is 7.30. The fourth-order valence-corrected chi connectivity index (χ4v) is 1.55. The van der Waals surface area contributed by atoms with Crippen LogP contribution in [0.4, 0.5) is 5.82 Å². The third-order valence-corrected chi connectivity index (χ3v) is 2.85. The molecule has 5 nitrogen and oxygen atoms in total. The summed E-state index contributed by atoms with van der Waals surface area (Å²) < 4.78 is 10.2. The second kappa shape index (κ2) is 5.56. The van der Waals surface area contributed by atoms with Gasteiger partial charge in [-0.3, -0.25) is 4.79 Å². The minimum absolute atomic E-state index is 0.271. The van der Waals surface area contributed by atoms with Gasteiger partial charge < -0.3 is 14.6 Å². The van der Waals surface area contributed by atoms with Crippen molar-refractivity contribution >= 4 is 11.7 Å². The SMILES string of the molecule is Cc1ccc(O[C@H](C)C(=O)Nc2ccon2)cc1C. The molecule has 1 aromatic heterocycles. The monoisotopic (exact) mass is 260 g/mol. The van der Waals surface area contributed by atoms with Crippen molar-refractivity contribution in [3.63, 3.8) is 0 Å². The van der Waals surface area contributed by atoms with E-state index in [0.717, 1.165) is 5.56 Å². The molecule has 2 rings (SSSR count). The fraction of sp³-hybridized carbons (Fsp3) is 0.286. The Labute approximate surface area is 111 Å². The van der Waals surface area contributed by atoms with E-state index in [4.69, 9.17) is 4.74 Å². The molecule has 0 aliphatic rings. The van der Waals surface area contributed by atoms with E-state index >= 15 is 0 Å². The number of aromatic nitrogens is 1. The largest absolute Gasteiger partial charge is 0.481 e. The summed E-state index contributed by atoms with van der Waals surface area (Å²) in [7, 11) is 0. The summed E-state index contributed by atoms with van der Waals surface area (Å²) in [6.07, 6.45) is 0.781. The van der Waals surface area contributed by atoms with Crippen LogP contribution in [-0.4, -0.2) is 17.2 Å². The van der Waals surface area contributed by atoms with Gasteiger partial charge in [0.25, 0.3) is 5.91 Å². The van der Waals surface area contributed by atoms with Gasteiger partial charge in [-0.2, -0.15) is 0 Å². The van der Waals surface area contributed by atoms with Gasteiger partial charge in [-0.1, -0.05) is 11.2 Å². The third-order valence-electron chi connectivity index (χ3n) is 2.85. The van der Waals surface area contributed by atoms with E-state index in [9.17, 15) is 4.79 Å². The lowest BCUT2D eigenvalue weighted by molar-refractivity contribution is -0.122. The van der Waals surface area contributed by atoms with E-state index in [1.165, 1.54) is 11.8 Å². The van der Waals surface area contributed by atoms with Crippen LogP contribution in [0.25, 0.3) is 0 Å². The van der Waals surface area contributed by atoms with E-state index in [2.05, 4.69) is 15.0 Å². The van der Waals surface area contributed by atoms with E-state index in [1.807, 2.05) is 32.0 Å². The topological polar surface area (TPSA) is 64.4 Å². The summed E-state index contributed by atoms with van der Waals surface area (Å²) in [5.74, 6) is 0.776.